The van der Waals surface area contributed by atoms with Crippen molar-refractivity contribution < 1.29 is 8.76 Å². The maximum Gasteiger partial charge on any atom is 0.231 e. The van der Waals surface area contributed by atoms with E-state index in [1.807, 2.05) is 24.4 Å². The van der Waals surface area contributed by atoms with Crippen molar-refractivity contribution in [2.75, 3.05) is 6.54 Å². The highest BCUT2D eigenvalue weighted by molar-refractivity contribution is 7.77. The average molecular weight is 350 g/mol. The molecule has 23 heavy (non-hydrogen) atoms. The second kappa shape index (κ2) is 8.75. The lowest BCUT2D eigenvalue weighted by Gasteiger charge is -2.06. The summed E-state index contributed by atoms with van der Waals surface area (Å²) in [7, 11) is 0. The van der Waals surface area contributed by atoms with Gasteiger partial charge in [-0.25, -0.2) is 8.93 Å². The van der Waals surface area contributed by atoms with Crippen molar-refractivity contribution in [1.82, 2.24) is 9.71 Å². The van der Waals surface area contributed by atoms with Crippen LogP contribution in [0.3, 0.4) is 0 Å². The van der Waals surface area contributed by atoms with Crippen LogP contribution >= 0.6 is 11.6 Å². The Hall–Kier alpha value is -1.78. The maximum atomic E-state index is 10.5. The minimum absolute atomic E-state index is 0.429. The summed E-state index contributed by atoms with van der Waals surface area (Å²) < 4.78 is 21.5. The van der Waals surface area contributed by atoms with Gasteiger partial charge < -0.3 is 0 Å². The molecule has 0 spiro atoms. The standard InChI is InChI=1S/C16H16ClN3O2S/c17-16-8-13(4-5-14(16)9-18)15-7-12(10-19-11-15)3-1-2-6-20-23(21)22/h4-5,7-8,10-11,20H,1-3,6H2,(H,21,22). The molecule has 7 heteroatoms. The molecular formula is C16H16ClN3O2S. The predicted molar refractivity (Wildman–Crippen MR) is 91.1 cm³/mol. The molecular weight excluding hydrogens is 334 g/mol. The zero-order valence-electron chi connectivity index (χ0n) is 12.3. The molecule has 120 valence electrons. The molecule has 0 bridgehead atoms. The number of hydrogen-bond donors (Lipinski definition) is 2. The third-order valence-corrected chi connectivity index (χ3v) is 4.10. The van der Waals surface area contributed by atoms with Crippen LogP contribution in [0.15, 0.2) is 36.7 Å². The summed E-state index contributed by atoms with van der Waals surface area (Å²) in [6, 6.07) is 9.40. The molecule has 0 saturated heterocycles. The van der Waals surface area contributed by atoms with Gasteiger partial charge in [0.05, 0.1) is 10.6 Å². The summed E-state index contributed by atoms with van der Waals surface area (Å²) in [5, 5.41) is 9.34. The van der Waals surface area contributed by atoms with E-state index in [9.17, 15) is 4.21 Å². The highest BCUT2D eigenvalue weighted by Crippen LogP contribution is 2.25. The Morgan fingerprint density at radius 2 is 2.09 bits per heavy atom. The summed E-state index contributed by atoms with van der Waals surface area (Å²) in [6.45, 7) is 0.501. The lowest BCUT2D eigenvalue weighted by atomic mass is 10.0. The fourth-order valence-corrected chi connectivity index (χ4v) is 2.72. The first-order valence-corrected chi connectivity index (χ1v) is 8.57. The Labute approximate surface area is 142 Å². The van der Waals surface area contributed by atoms with Crippen molar-refractivity contribution in [3.63, 3.8) is 0 Å². The summed E-state index contributed by atoms with van der Waals surface area (Å²) in [4.78, 5) is 4.25. The Balaban J connectivity index is 2.01. The van der Waals surface area contributed by atoms with Gasteiger partial charge in [0.2, 0.25) is 11.3 Å². The van der Waals surface area contributed by atoms with Gasteiger partial charge in [0.15, 0.2) is 0 Å². The molecule has 0 radical (unpaired) electrons. The van der Waals surface area contributed by atoms with Crippen molar-refractivity contribution in [1.29, 1.82) is 5.26 Å². The maximum absolute atomic E-state index is 10.5. The van der Waals surface area contributed by atoms with E-state index in [0.29, 0.717) is 17.1 Å². The van der Waals surface area contributed by atoms with E-state index in [1.54, 1.807) is 18.3 Å². The van der Waals surface area contributed by atoms with Crippen LogP contribution in [0.4, 0.5) is 0 Å². The lowest BCUT2D eigenvalue weighted by molar-refractivity contribution is 0.545. The number of nitrogens with zero attached hydrogens (tertiary/aromatic N) is 2. The monoisotopic (exact) mass is 349 g/mol. The Kier molecular flexibility index (Phi) is 6.68. The van der Waals surface area contributed by atoms with Crippen LogP contribution in [0.2, 0.25) is 5.02 Å². The Morgan fingerprint density at radius 3 is 2.78 bits per heavy atom. The average Bonchev–Trinajstić information content (AvgIpc) is 2.54. The quantitative estimate of drug-likeness (QED) is 0.593. The van der Waals surface area contributed by atoms with Crippen LogP contribution in [0.5, 0.6) is 0 Å². The molecule has 1 aromatic carbocycles. The summed E-state index contributed by atoms with van der Waals surface area (Å²) in [5.41, 5.74) is 3.41. The van der Waals surface area contributed by atoms with E-state index in [-0.39, 0.29) is 0 Å². The molecule has 0 aliphatic rings. The third-order valence-electron chi connectivity index (χ3n) is 3.34. The van der Waals surface area contributed by atoms with E-state index >= 15 is 0 Å². The predicted octanol–water partition coefficient (Wildman–Crippen LogP) is 3.32. The van der Waals surface area contributed by atoms with Crippen LogP contribution in [0.1, 0.15) is 24.0 Å². The SMILES string of the molecule is N#Cc1ccc(-c2cncc(CCCCNS(=O)O)c2)cc1Cl. The van der Waals surface area contributed by atoms with Gasteiger partial charge in [-0.15, -0.1) is 0 Å². The van der Waals surface area contributed by atoms with Gasteiger partial charge in [-0.05, 0) is 48.6 Å². The van der Waals surface area contributed by atoms with Gasteiger partial charge in [0, 0.05) is 24.5 Å². The Bertz CT molecular complexity index is 746. The van der Waals surface area contributed by atoms with Crippen LogP contribution in [-0.2, 0) is 17.7 Å². The molecule has 1 unspecified atom stereocenters. The van der Waals surface area contributed by atoms with Gasteiger partial charge >= 0.3 is 0 Å². The van der Waals surface area contributed by atoms with Crippen molar-refractivity contribution in [2.45, 2.75) is 19.3 Å². The molecule has 0 fully saturated rings. The first-order valence-electron chi connectivity index (χ1n) is 7.08. The van der Waals surface area contributed by atoms with Crippen LogP contribution in [0, 0.1) is 11.3 Å². The van der Waals surface area contributed by atoms with Crippen molar-refractivity contribution in [3.05, 3.63) is 52.8 Å². The third kappa shape index (κ3) is 5.41. The van der Waals surface area contributed by atoms with Gasteiger partial charge in [0.25, 0.3) is 0 Å². The van der Waals surface area contributed by atoms with Gasteiger partial charge in [-0.1, -0.05) is 17.7 Å². The normalized spacial score (nSPS) is 11.9. The fraction of sp³-hybridized carbons (Fsp3) is 0.250. The zero-order valence-corrected chi connectivity index (χ0v) is 13.9. The largest absolute Gasteiger partial charge is 0.294 e. The number of unbranched alkanes of at least 4 members (excludes halogenated alkanes) is 1. The summed E-state index contributed by atoms with van der Waals surface area (Å²) in [5.74, 6) is 0. The lowest BCUT2D eigenvalue weighted by Crippen LogP contribution is -2.17. The number of nitrogens with one attached hydrogen (secondary N) is 1. The molecule has 0 saturated carbocycles. The topological polar surface area (TPSA) is 86.0 Å². The van der Waals surface area contributed by atoms with E-state index in [1.165, 1.54) is 0 Å². The van der Waals surface area contributed by atoms with Gasteiger partial charge in [-0.3, -0.25) is 9.54 Å². The molecule has 0 aliphatic heterocycles. The van der Waals surface area contributed by atoms with Crippen LogP contribution in [0.25, 0.3) is 11.1 Å². The first kappa shape index (κ1) is 17.6. The van der Waals surface area contributed by atoms with Crippen molar-refractivity contribution in [3.8, 4) is 17.2 Å². The summed E-state index contributed by atoms with van der Waals surface area (Å²) in [6.07, 6.45) is 6.11. The second-order valence-electron chi connectivity index (χ2n) is 4.99. The molecule has 1 atom stereocenters. The molecule has 5 nitrogen and oxygen atoms in total. The number of pyridine rings is 1. The smallest absolute Gasteiger partial charge is 0.231 e. The number of rotatable bonds is 7. The van der Waals surface area contributed by atoms with E-state index in [4.69, 9.17) is 21.4 Å². The van der Waals surface area contributed by atoms with Crippen LogP contribution < -0.4 is 4.72 Å². The van der Waals surface area contributed by atoms with Gasteiger partial charge in [-0.2, -0.15) is 5.26 Å². The first-order chi connectivity index (χ1) is 11.1. The molecule has 0 amide bonds. The number of hydrogen-bond acceptors (Lipinski definition) is 3. The zero-order chi connectivity index (χ0) is 16.7. The molecule has 1 aromatic heterocycles. The van der Waals surface area contributed by atoms with Crippen molar-refractivity contribution in [2.24, 2.45) is 0 Å². The molecule has 0 aliphatic carbocycles. The highest BCUT2D eigenvalue weighted by atomic mass is 35.5. The van der Waals surface area contributed by atoms with Gasteiger partial charge in [0.1, 0.15) is 6.07 Å². The van der Waals surface area contributed by atoms with E-state index in [0.717, 1.165) is 36.0 Å². The fourth-order valence-electron chi connectivity index (χ4n) is 2.18. The van der Waals surface area contributed by atoms with Crippen molar-refractivity contribution >= 4 is 22.9 Å². The molecule has 2 rings (SSSR count). The minimum atomic E-state index is -1.95. The highest BCUT2D eigenvalue weighted by Gasteiger charge is 2.05. The molecule has 2 N–H and O–H groups in total. The molecule has 1 heterocycles. The van der Waals surface area contributed by atoms with E-state index in [2.05, 4.69) is 9.71 Å². The summed E-state index contributed by atoms with van der Waals surface area (Å²) >= 11 is 4.12. The number of nitriles is 1. The number of aromatic nitrogens is 1. The number of aryl methyl sites for hydroxylation is 1. The number of halogens is 1. The molecule has 2 aromatic rings. The Morgan fingerprint density at radius 1 is 1.26 bits per heavy atom. The minimum Gasteiger partial charge on any atom is -0.294 e. The number of benzene rings is 1. The van der Waals surface area contributed by atoms with E-state index < -0.39 is 11.3 Å². The second-order valence-corrected chi connectivity index (χ2v) is 6.18. The van der Waals surface area contributed by atoms with Crippen LogP contribution in [-0.4, -0.2) is 20.3 Å².